The third kappa shape index (κ3) is 1.91. The lowest BCUT2D eigenvalue weighted by Crippen LogP contribution is -2.51. The minimum atomic E-state index is -0.478. The van der Waals surface area contributed by atoms with Crippen molar-refractivity contribution in [2.24, 2.45) is 4.99 Å². The maximum atomic E-state index is 10.3. The van der Waals surface area contributed by atoms with Gasteiger partial charge in [-0.15, -0.1) is 0 Å². The van der Waals surface area contributed by atoms with E-state index in [2.05, 4.69) is 4.99 Å². The van der Waals surface area contributed by atoms with Crippen LogP contribution in [0.15, 0.2) is 23.2 Å². The second-order valence-electron chi connectivity index (χ2n) is 5.49. The number of aliphatic imine (C=N–C) groups is 1. The molecule has 1 aromatic carbocycles. The molecule has 0 aromatic heterocycles. The smallest absolute Gasteiger partial charge is 0.156 e. The number of rotatable bonds is 1. The van der Waals surface area contributed by atoms with Gasteiger partial charge in [0, 0.05) is 5.56 Å². The first-order valence-electron chi connectivity index (χ1n) is 5.71. The molecule has 1 N–H and O–H groups in total. The average molecular weight is 287 g/mol. The molecule has 0 amide bonds. The Hall–Kier alpha value is -0.770. The molecule has 0 radical (unpaired) electrons. The summed E-state index contributed by atoms with van der Waals surface area (Å²) < 4.78 is 0. The zero-order valence-electron chi connectivity index (χ0n) is 10.8. The van der Waals surface area contributed by atoms with Gasteiger partial charge in [-0.1, -0.05) is 23.2 Å². The fourth-order valence-electron chi connectivity index (χ4n) is 1.79. The Kier molecular flexibility index (Phi) is 3.13. The highest BCUT2D eigenvalue weighted by Gasteiger charge is 2.49. The van der Waals surface area contributed by atoms with Crippen LogP contribution in [-0.2, 0) is 0 Å². The van der Waals surface area contributed by atoms with E-state index in [0.717, 1.165) is 5.56 Å². The molecule has 1 aromatic rings. The molecule has 0 saturated heterocycles. The van der Waals surface area contributed by atoms with E-state index in [4.69, 9.17) is 23.2 Å². The minimum Gasteiger partial charge on any atom is -0.286 e. The van der Waals surface area contributed by atoms with Gasteiger partial charge in [-0.3, -0.25) is 10.2 Å². The van der Waals surface area contributed by atoms with Crippen LogP contribution < -0.4 is 0 Å². The highest BCUT2D eigenvalue weighted by Crippen LogP contribution is 2.38. The summed E-state index contributed by atoms with van der Waals surface area (Å²) >= 11 is 11.9. The summed E-state index contributed by atoms with van der Waals surface area (Å²) in [6, 6.07) is 5.21. The van der Waals surface area contributed by atoms with Gasteiger partial charge < -0.3 is 0 Å². The maximum absolute atomic E-state index is 10.3. The highest BCUT2D eigenvalue weighted by atomic mass is 35.5. The van der Waals surface area contributed by atoms with Crippen LogP contribution in [0.1, 0.15) is 33.3 Å². The van der Waals surface area contributed by atoms with Crippen LogP contribution in [0, 0.1) is 0 Å². The Bertz CT molecular complexity index is 524. The first kappa shape index (κ1) is 13.7. The largest absolute Gasteiger partial charge is 0.286 e. The standard InChI is InChI=1S/C13H16Cl2N2O/c1-12(2)13(3,4)17(18)11(16-12)8-5-6-9(14)10(15)7-8/h5-7,18H,1-4H3. The van der Waals surface area contributed by atoms with Crippen molar-refractivity contribution in [1.29, 1.82) is 0 Å². The molecule has 0 atom stereocenters. The number of nitrogens with zero attached hydrogens (tertiary/aromatic N) is 2. The average Bonchev–Trinajstić information content (AvgIpc) is 2.43. The summed E-state index contributed by atoms with van der Waals surface area (Å²) in [6.07, 6.45) is 0. The van der Waals surface area contributed by atoms with Crippen LogP contribution in [-0.4, -0.2) is 27.2 Å². The molecule has 0 aliphatic carbocycles. The number of halogens is 2. The lowest BCUT2D eigenvalue weighted by molar-refractivity contribution is -0.0992. The second kappa shape index (κ2) is 4.12. The Morgan fingerprint density at radius 1 is 1.11 bits per heavy atom. The molecule has 3 nitrogen and oxygen atoms in total. The van der Waals surface area contributed by atoms with E-state index < -0.39 is 5.54 Å². The van der Waals surface area contributed by atoms with E-state index in [1.165, 1.54) is 5.06 Å². The maximum Gasteiger partial charge on any atom is 0.156 e. The second-order valence-corrected chi connectivity index (χ2v) is 6.31. The van der Waals surface area contributed by atoms with E-state index in [-0.39, 0.29) is 5.54 Å². The normalized spacial score (nSPS) is 21.1. The van der Waals surface area contributed by atoms with Crippen LogP contribution in [0.4, 0.5) is 0 Å². The summed E-state index contributed by atoms with van der Waals surface area (Å²) in [6.45, 7) is 7.86. The van der Waals surface area contributed by atoms with E-state index in [1.54, 1.807) is 18.2 Å². The van der Waals surface area contributed by atoms with Gasteiger partial charge in [0.1, 0.15) is 0 Å². The van der Waals surface area contributed by atoms with Gasteiger partial charge in [-0.05, 0) is 45.9 Å². The topological polar surface area (TPSA) is 35.8 Å². The molecular formula is C13H16Cl2N2O. The fraction of sp³-hybridized carbons (Fsp3) is 0.462. The Morgan fingerprint density at radius 3 is 2.17 bits per heavy atom. The van der Waals surface area contributed by atoms with Crippen molar-refractivity contribution in [2.45, 2.75) is 38.8 Å². The first-order valence-corrected chi connectivity index (χ1v) is 6.47. The van der Waals surface area contributed by atoms with Crippen LogP contribution in [0.25, 0.3) is 0 Å². The van der Waals surface area contributed by atoms with Crippen LogP contribution in [0.3, 0.4) is 0 Å². The van der Waals surface area contributed by atoms with Gasteiger partial charge in [-0.2, -0.15) is 0 Å². The number of hydroxylamine groups is 2. The molecular weight excluding hydrogens is 271 g/mol. The zero-order valence-corrected chi connectivity index (χ0v) is 12.3. The summed E-state index contributed by atoms with van der Waals surface area (Å²) in [5.41, 5.74) is -0.108. The Morgan fingerprint density at radius 2 is 1.72 bits per heavy atom. The summed E-state index contributed by atoms with van der Waals surface area (Å²) in [7, 11) is 0. The molecule has 1 aliphatic rings. The van der Waals surface area contributed by atoms with Crippen LogP contribution in [0.2, 0.25) is 10.0 Å². The number of hydrogen-bond acceptors (Lipinski definition) is 3. The molecule has 0 unspecified atom stereocenters. The van der Waals surface area contributed by atoms with Gasteiger partial charge in [-0.25, -0.2) is 5.06 Å². The number of benzene rings is 1. The number of amidine groups is 1. The van der Waals surface area contributed by atoms with Gasteiger partial charge >= 0.3 is 0 Å². The quantitative estimate of drug-likeness (QED) is 0.847. The summed E-state index contributed by atoms with van der Waals surface area (Å²) in [5.74, 6) is 0.517. The van der Waals surface area contributed by atoms with Crippen LogP contribution in [0.5, 0.6) is 0 Å². The molecule has 5 heteroatoms. The lowest BCUT2D eigenvalue weighted by atomic mass is 9.84. The molecule has 0 fully saturated rings. The van der Waals surface area contributed by atoms with Crippen molar-refractivity contribution in [1.82, 2.24) is 5.06 Å². The van der Waals surface area contributed by atoms with Crippen molar-refractivity contribution >= 4 is 29.0 Å². The molecule has 0 saturated carbocycles. The third-order valence-electron chi connectivity index (χ3n) is 3.79. The van der Waals surface area contributed by atoms with Crippen molar-refractivity contribution in [3.63, 3.8) is 0 Å². The molecule has 98 valence electrons. The Balaban J connectivity index is 2.49. The zero-order chi connectivity index (χ0) is 13.7. The van der Waals surface area contributed by atoms with Crippen molar-refractivity contribution in [2.75, 3.05) is 0 Å². The van der Waals surface area contributed by atoms with Crippen molar-refractivity contribution in [3.05, 3.63) is 33.8 Å². The SMILES string of the molecule is CC1(C)N=C(c2ccc(Cl)c(Cl)c2)N(O)C1(C)C. The minimum absolute atomic E-state index is 0.386. The summed E-state index contributed by atoms with van der Waals surface area (Å²) in [5, 5.41) is 12.4. The molecule has 1 heterocycles. The van der Waals surface area contributed by atoms with E-state index in [0.29, 0.717) is 15.9 Å². The van der Waals surface area contributed by atoms with E-state index >= 15 is 0 Å². The van der Waals surface area contributed by atoms with Crippen molar-refractivity contribution in [3.8, 4) is 0 Å². The highest BCUT2D eigenvalue weighted by molar-refractivity contribution is 6.42. The molecule has 1 aliphatic heterocycles. The Labute approximate surface area is 117 Å². The van der Waals surface area contributed by atoms with Gasteiger partial charge in [0.05, 0.1) is 21.1 Å². The summed E-state index contributed by atoms with van der Waals surface area (Å²) in [4.78, 5) is 4.59. The number of hydrogen-bond donors (Lipinski definition) is 1. The van der Waals surface area contributed by atoms with Gasteiger partial charge in [0.15, 0.2) is 5.84 Å². The van der Waals surface area contributed by atoms with Crippen molar-refractivity contribution < 1.29 is 5.21 Å². The molecule has 2 rings (SSSR count). The van der Waals surface area contributed by atoms with E-state index in [1.807, 2.05) is 27.7 Å². The third-order valence-corrected chi connectivity index (χ3v) is 4.53. The first-order chi connectivity index (χ1) is 8.17. The monoisotopic (exact) mass is 286 g/mol. The molecule has 0 spiro atoms. The van der Waals surface area contributed by atoms with Gasteiger partial charge in [0.2, 0.25) is 0 Å². The molecule has 0 bridgehead atoms. The fourth-order valence-corrected chi connectivity index (χ4v) is 2.09. The predicted octanol–water partition coefficient (Wildman–Crippen LogP) is 4.00. The molecule has 18 heavy (non-hydrogen) atoms. The van der Waals surface area contributed by atoms with E-state index in [9.17, 15) is 5.21 Å². The predicted molar refractivity (Wildman–Crippen MR) is 74.8 cm³/mol. The van der Waals surface area contributed by atoms with Crippen LogP contribution >= 0.6 is 23.2 Å². The van der Waals surface area contributed by atoms with Gasteiger partial charge in [0.25, 0.3) is 0 Å². The lowest BCUT2D eigenvalue weighted by Gasteiger charge is -2.36.